The number of hydrogen-bond donors (Lipinski definition) is 0. The highest BCUT2D eigenvalue weighted by Gasteiger charge is 2.40. The molecule has 0 heterocycles. The summed E-state index contributed by atoms with van der Waals surface area (Å²) >= 11 is 0. The van der Waals surface area contributed by atoms with E-state index in [-0.39, 0.29) is 16.2 Å². The van der Waals surface area contributed by atoms with Gasteiger partial charge in [0.25, 0.3) is 0 Å². The van der Waals surface area contributed by atoms with Gasteiger partial charge in [0.2, 0.25) is 0 Å². The summed E-state index contributed by atoms with van der Waals surface area (Å²) in [7, 11) is 0. The second kappa shape index (κ2) is 11.4. The smallest absolute Gasteiger partial charge is 0.0546 e. The minimum Gasteiger partial charge on any atom is -0.310 e. The highest BCUT2D eigenvalue weighted by Crippen LogP contribution is 2.58. The lowest BCUT2D eigenvalue weighted by molar-refractivity contribution is 0.647. The lowest BCUT2D eigenvalue weighted by Crippen LogP contribution is -2.26. The van der Waals surface area contributed by atoms with Gasteiger partial charge in [-0.1, -0.05) is 175 Å². The molecule has 1 heteroatoms. The SMILES string of the molecule is CC1(C)c2ccccc2-c2ccc(N(c3ccc4c(c3)C(C)(C)c3ccccc3-4)c3ccc4cccc5c4c3-c3cccc(-c4ccccc4)c3C5(C)C)cc21. The molecule has 0 fully saturated rings. The van der Waals surface area contributed by atoms with E-state index in [0.717, 1.165) is 0 Å². The van der Waals surface area contributed by atoms with Gasteiger partial charge < -0.3 is 4.90 Å². The third kappa shape index (κ3) is 4.37. The molecule has 0 bridgehead atoms. The van der Waals surface area contributed by atoms with Crippen LogP contribution in [0.25, 0.3) is 55.3 Å². The van der Waals surface area contributed by atoms with Crippen molar-refractivity contribution in [1.82, 2.24) is 0 Å². The summed E-state index contributed by atoms with van der Waals surface area (Å²) in [6, 6.07) is 61.9. The van der Waals surface area contributed by atoms with E-state index >= 15 is 0 Å². The molecule has 0 radical (unpaired) electrons. The van der Waals surface area contributed by atoms with Crippen molar-refractivity contribution in [1.29, 1.82) is 0 Å². The molecule has 56 heavy (non-hydrogen) atoms. The fraction of sp³-hybridized carbons (Fsp3) is 0.164. The first kappa shape index (κ1) is 33.2. The third-order valence-corrected chi connectivity index (χ3v) is 13.6. The van der Waals surface area contributed by atoms with E-state index in [1.807, 2.05) is 0 Å². The van der Waals surface area contributed by atoms with Crippen LogP contribution in [0.15, 0.2) is 164 Å². The van der Waals surface area contributed by atoms with E-state index in [9.17, 15) is 0 Å². The molecule has 0 unspecified atom stereocenters. The van der Waals surface area contributed by atoms with Gasteiger partial charge in [0.1, 0.15) is 0 Å². The molecular weight excluding hydrogens is 675 g/mol. The zero-order valence-electron chi connectivity index (χ0n) is 33.0. The third-order valence-electron chi connectivity index (χ3n) is 13.6. The zero-order valence-corrected chi connectivity index (χ0v) is 33.0. The van der Waals surface area contributed by atoms with Crippen molar-refractivity contribution in [3.8, 4) is 44.5 Å². The van der Waals surface area contributed by atoms with Crippen LogP contribution in [0.1, 0.15) is 74.9 Å². The van der Waals surface area contributed by atoms with Gasteiger partial charge in [-0.2, -0.15) is 0 Å². The van der Waals surface area contributed by atoms with Gasteiger partial charge in [-0.25, -0.2) is 0 Å². The van der Waals surface area contributed by atoms with Gasteiger partial charge >= 0.3 is 0 Å². The second-order valence-electron chi connectivity index (χ2n) is 17.7. The van der Waals surface area contributed by atoms with Crippen LogP contribution in [0.2, 0.25) is 0 Å². The molecule has 270 valence electrons. The molecule has 0 saturated heterocycles. The van der Waals surface area contributed by atoms with Crippen LogP contribution in [0.5, 0.6) is 0 Å². The predicted octanol–water partition coefficient (Wildman–Crippen LogP) is 14.9. The van der Waals surface area contributed by atoms with Crippen molar-refractivity contribution in [2.45, 2.75) is 57.8 Å². The van der Waals surface area contributed by atoms with E-state index in [1.165, 1.54) is 106 Å². The molecule has 11 rings (SSSR count). The van der Waals surface area contributed by atoms with Gasteiger partial charge in [0.15, 0.2) is 0 Å². The number of benzene rings is 8. The quantitative estimate of drug-likeness (QED) is 0.175. The molecule has 3 aliphatic rings. The van der Waals surface area contributed by atoms with E-state index in [0.29, 0.717) is 0 Å². The standard InChI is InChI=1S/C55H45N/c1-53(2)44-23-12-10-19-39(44)41-29-27-36(32-47(41)53)56(37-28-30-42-40-20-11-13-24-45(40)54(3,4)48(42)33-37)49-31-26-35-18-14-25-46-50(35)51(49)43-22-15-21-38(52(43)55(46,5)6)34-16-8-7-9-17-34/h7-33H,1-6H3. The number of hydrogen-bond acceptors (Lipinski definition) is 1. The van der Waals surface area contributed by atoms with Crippen LogP contribution < -0.4 is 4.90 Å². The minimum atomic E-state index is -0.218. The van der Waals surface area contributed by atoms with Crippen molar-refractivity contribution in [3.05, 3.63) is 197 Å². The van der Waals surface area contributed by atoms with Crippen LogP contribution >= 0.6 is 0 Å². The summed E-state index contributed by atoms with van der Waals surface area (Å²) in [5.41, 5.74) is 21.9. The zero-order chi connectivity index (χ0) is 38.1. The van der Waals surface area contributed by atoms with Gasteiger partial charge in [0, 0.05) is 33.2 Å². The Morgan fingerprint density at radius 3 is 1.48 bits per heavy atom. The normalized spacial score (nSPS) is 15.8. The van der Waals surface area contributed by atoms with Gasteiger partial charge in [-0.3, -0.25) is 0 Å². The average Bonchev–Trinajstić information content (AvgIpc) is 3.59. The fourth-order valence-electron chi connectivity index (χ4n) is 10.9. The molecule has 0 amide bonds. The summed E-state index contributed by atoms with van der Waals surface area (Å²) in [6.07, 6.45) is 0. The number of fused-ring (bicyclic) bond motifs is 8. The summed E-state index contributed by atoms with van der Waals surface area (Å²) in [4.78, 5) is 2.57. The predicted molar refractivity (Wildman–Crippen MR) is 237 cm³/mol. The number of anilines is 3. The summed E-state index contributed by atoms with van der Waals surface area (Å²) < 4.78 is 0. The second-order valence-corrected chi connectivity index (χ2v) is 17.7. The molecule has 0 saturated carbocycles. The van der Waals surface area contributed by atoms with Gasteiger partial charge in [0.05, 0.1) is 5.69 Å². The first-order valence-corrected chi connectivity index (χ1v) is 20.1. The Bertz CT molecular complexity index is 2830. The maximum Gasteiger partial charge on any atom is 0.0546 e. The molecule has 3 aliphatic carbocycles. The van der Waals surface area contributed by atoms with Crippen molar-refractivity contribution in [3.63, 3.8) is 0 Å². The van der Waals surface area contributed by atoms with Crippen LogP contribution in [0.4, 0.5) is 17.1 Å². The first-order valence-electron chi connectivity index (χ1n) is 20.1. The van der Waals surface area contributed by atoms with E-state index in [1.54, 1.807) is 0 Å². The highest BCUT2D eigenvalue weighted by molar-refractivity contribution is 6.11. The molecule has 8 aromatic rings. The van der Waals surface area contributed by atoms with Crippen molar-refractivity contribution < 1.29 is 0 Å². The topological polar surface area (TPSA) is 3.24 Å². The summed E-state index contributed by atoms with van der Waals surface area (Å²) in [5.74, 6) is 0. The van der Waals surface area contributed by atoms with Gasteiger partial charge in [-0.15, -0.1) is 0 Å². The first-order chi connectivity index (χ1) is 27.1. The molecule has 0 atom stereocenters. The fourth-order valence-corrected chi connectivity index (χ4v) is 10.9. The summed E-state index contributed by atoms with van der Waals surface area (Å²) in [6.45, 7) is 14.4. The highest BCUT2D eigenvalue weighted by atomic mass is 15.1. The maximum absolute atomic E-state index is 2.57. The molecule has 0 N–H and O–H groups in total. The molecule has 0 aliphatic heterocycles. The molecule has 8 aromatic carbocycles. The Morgan fingerprint density at radius 2 is 0.857 bits per heavy atom. The molecular formula is C55H45N. The van der Waals surface area contributed by atoms with Crippen LogP contribution in [-0.4, -0.2) is 0 Å². The molecule has 0 spiro atoms. The van der Waals surface area contributed by atoms with E-state index in [4.69, 9.17) is 0 Å². The lowest BCUT2D eigenvalue weighted by Gasteiger charge is -2.39. The Kier molecular flexibility index (Phi) is 6.77. The average molecular weight is 720 g/mol. The number of rotatable bonds is 4. The monoisotopic (exact) mass is 719 g/mol. The van der Waals surface area contributed by atoms with Crippen molar-refractivity contribution >= 4 is 27.8 Å². The Hall–Kier alpha value is -6.18. The van der Waals surface area contributed by atoms with E-state index < -0.39 is 0 Å². The number of nitrogens with zero attached hydrogens (tertiary/aromatic N) is 1. The Labute approximate surface area is 330 Å². The Morgan fingerprint density at radius 1 is 0.357 bits per heavy atom. The Balaban J connectivity index is 1.22. The van der Waals surface area contributed by atoms with Gasteiger partial charge in [-0.05, 0) is 113 Å². The molecule has 1 nitrogen and oxygen atoms in total. The van der Waals surface area contributed by atoms with Crippen LogP contribution in [0, 0.1) is 0 Å². The van der Waals surface area contributed by atoms with Crippen LogP contribution in [-0.2, 0) is 16.2 Å². The van der Waals surface area contributed by atoms with E-state index in [2.05, 4.69) is 210 Å². The van der Waals surface area contributed by atoms with Crippen LogP contribution in [0.3, 0.4) is 0 Å². The maximum atomic E-state index is 2.57. The van der Waals surface area contributed by atoms with Crippen molar-refractivity contribution in [2.24, 2.45) is 0 Å². The molecule has 0 aromatic heterocycles. The van der Waals surface area contributed by atoms with Crippen molar-refractivity contribution in [2.75, 3.05) is 4.90 Å². The largest absolute Gasteiger partial charge is 0.310 e. The minimum absolute atomic E-state index is 0.124. The lowest BCUT2D eigenvalue weighted by atomic mass is 9.66. The summed E-state index contributed by atoms with van der Waals surface area (Å²) in [5, 5.41) is 2.63.